The van der Waals surface area contributed by atoms with E-state index in [9.17, 15) is 14.7 Å². The van der Waals surface area contributed by atoms with Gasteiger partial charge in [0.05, 0.1) is 5.69 Å². The highest BCUT2D eigenvalue weighted by atomic mass is 32.1. The molecule has 1 aliphatic rings. The molecule has 1 aromatic carbocycles. The van der Waals surface area contributed by atoms with E-state index < -0.39 is 17.4 Å². The quantitative estimate of drug-likeness (QED) is 0.542. The first-order valence-electron chi connectivity index (χ1n) is 8.81. The van der Waals surface area contributed by atoms with Crippen LogP contribution in [0.25, 0.3) is 16.0 Å². The second-order valence-electron chi connectivity index (χ2n) is 6.68. The van der Waals surface area contributed by atoms with Crippen LogP contribution < -0.4 is 11.1 Å². The predicted molar refractivity (Wildman–Crippen MR) is 109 cm³/mol. The predicted octanol–water partition coefficient (Wildman–Crippen LogP) is 0.567. The molecule has 1 saturated heterocycles. The second kappa shape index (κ2) is 6.88. The van der Waals surface area contributed by atoms with Crippen molar-refractivity contribution < 1.29 is 14.7 Å². The van der Waals surface area contributed by atoms with Gasteiger partial charge in [-0.3, -0.25) is 9.59 Å². The summed E-state index contributed by atoms with van der Waals surface area (Å²) in [6.45, 7) is 0.461. The molecule has 4 rings (SSSR count). The monoisotopic (exact) mass is 410 g/mol. The zero-order valence-corrected chi connectivity index (χ0v) is 16.6. The van der Waals surface area contributed by atoms with E-state index in [2.05, 4.69) is 27.2 Å². The number of primary amides is 1. The average Bonchev–Trinajstić information content (AvgIpc) is 3.35. The molecule has 29 heavy (non-hydrogen) atoms. The maximum absolute atomic E-state index is 12.1. The highest BCUT2D eigenvalue weighted by molar-refractivity contribution is 7.22. The number of rotatable bonds is 3. The number of carbonyl (C=O) groups is 2. The van der Waals surface area contributed by atoms with Crippen molar-refractivity contribution in [3.63, 3.8) is 0 Å². The minimum Gasteiger partial charge on any atom is -0.369 e. The molecule has 9 nitrogen and oxygen atoms in total. The van der Waals surface area contributed by atoms with E-state index in [-0.39, 0.29) is 12.1 Å². The molecular weight excluding hydrogens is 392 g/mol. The number of anilines is 1. The Bertz CT molecular complexity index is 1200. The fourth-order valence-corrected chi connectivity index (χ4v) is 4.00. The summed E-state index contributed by atoms with van der Waals surface area (Å²) >= 11 is 1.29. The third kappa shape index (κ3) is 3.20. The fraction of sp³-hybridized carbons (Fsp3) is 0.263. The van der Waals surface area contributed by atoms with Crippen LogP contribution in [0.4, 0.5) is 5.13 Å². The highest BCUT2D eigenvalue weighted by Gasteiger charge is 2.42. The summed E-state index contributed by atoms with van der Waals surface area (Å²) < 4.78 is 2.12. The number of likely N-dealkylation sites (N-methyl/N-ethyl adjacent to an activating group) is 1. The van der Waals surface area contributed by atoms with Gasteiger partial charge in [-0.15, -0.1) is 0 Å². The van der Waals surface area contributed by atoms with Crippen LogP contribution in [0.15, 0.2) is 24.3 Å². The van der Waals surface area contributed by atoms with Gasteiger partial charge in [0.25, 0.3) is 11.8 Å². The summed E-state index contributed by atoms with van der Waals surface area (Å²) in [6, 6.07) is 7.08. The highest BCUT2D eigenvalue weighted by Crippen LogP contribution is 2.30. The van der Waals surface area contributed by atoms with Gasteiger partial charge in [0.1, 0.15) is 4.70 Å². The number of nitrogens with two attached hydrogens (primary N) is 1. The van der Waals surface area contributed by atoms with E-state index in [1.807, 2.05) is 0 Å². The zero-order chi connectivity index (χ0) is 20.8. The molecule has 0 aliphatic carbocycles. The molecule has 1 atom stereocenters. The van der Waals surface area contributed by atoms with Gasteiger partial charge < -0.3 is 21.1 Å². The average molecular weight is 410 g/mol. The molecule has 2 aromatic heterocycles. The first-order chi connectivity index (χ1) is 13.8. The molecule has 1 aliphatic heterocycles. The Morgan fingerprint density at radius 1 is 1.45 bits per heavy atom. The van der Waals surface area contributed by atoms with Crippen LogP contribution in [0.1, 0.15) is 22.5 Å². The lowest BCUT2D eigenvalue weighted by Gasteiger charge is -2.13. The minimum atomic E-state index is -1.67. The molecule has 0 saturated carbocycles. The number of hydrogen-bond acceptors (Lipinski definition) is 7. The van der Waals surface area contributed by atoms with Gasteiger partial charge in [0.15, 0.2) is 16.5 Å². The van der Waals surface area contributed by atoms with Crippen LogP contribution in [-0.4, -0.2) is 62.8 Å². The Labute approximate surface area is 170 Å². The Hall–Kier alpha value is -3.42. The van der Waals surface area contributed by atoms with Crippen LogP contribution in [0.5, 0.6) is 0 Å². The lowest BCUT2D eigenvalue weighted by Crippen LogP contribution is -2.37. The van der Waals surface area contributed by atoms with Gasteiger partial charge in [0, 0.05) is 32.6 Å². The van der Waals surface area contributed by atoms with Gasteiger partial charge in [0.2, 0.25) is 5.60 Å². The second-order valence-corrected chi connectivity index (χ2v) is 7.68. The smallest absolute Gasteiger partial charge is 0.270 e. The Balaban J connectivity index is 1.76. The third-order valence-electron chi connectivity index (χ3n) is 4.69. The van der Waals surface area contributed by atoms with Crippen LogP contribution in [-0.2, 0) is 4.79 Å². The Kier molecular flexibility index (Phi) is 4.49. The van der Waals surface area contributed by atoms with Crippen molar-refractivity contribution in [3.05, 3.63) is 35.5 Å². The fourth-order valence-electron chi connectivity index (χ4n) is 3.11. The van der Waals surface area contributed by atoms with Crippen molar-refractivity contribution in [2.45, 2.75) is 12.0 Å². The topological polar surface area (TPSA) is 126 Å². The summed E-state index contributed by atoms with van der Waals surface area (Å²) in [5.41, 5.74) is 5.66. The van der Waals surface area contributed by atoms with Gasteiger partial charge >= 0.3 is 0 Å². The molecule has 10 heteroatoms. The molecule has 0 spiro atoms. The largest absolute Gasteiger partial charge is 0.369 e. The molecule has 3 heterocycles. The van der Waals surface area contributed by atoms with E-state index in [1.54, 1.807) is 38.4 Å². The summed E-state index contributed by atoms with van der Waals surface area (Å²) in [5, 5.41) is 18.4. The summed E-state index contributed by atoms with van der Waals surface area (Å²) in [5.74, 6) is 4.53. The Morgan fingerprint density at radius 3 is 2.90 bits per heavy atom. The lowest BCUT2D eigenvalue weighted by atomic mass is 10.0. The van der Waals surface area contributed by atoms with Crippen molar-refractivity contribution in [1.82, 2.24) is 19.7 Å². The van der Waals surface area contributed by atoms with Crippen molar-refractivity contribution >= 4 is 38.6 Å². The molecule has 0 unspecified atom stereocenters. The SMILES string of the molecule is CNc1nc2c(s1)c(C(N)=O)nn2-c1cccc(C#C[C@]2(O)CCN(C)C2=O)c1. The molecule has 2 amide bonds. The van der Waals surface area contributed by atoms with Crippen LogP contribution in [0.3, 0.4) is 0 Å². The number of benzene rings is 1. The molecule has 148 valence electrons. The van der Waals surface area contributed by atoms with Gasteiger partial charge in [-0.1, -0.05) is 29.2 Å². The Morgan fingerprint density at radius 2 is 2.24 bits per heavy atom. The number of likely N-dealkylation sites (tertiary alicyclic amines) is 1. The van der Waals surface area contributed by atoms with Crippen molar-refractivity contribution in [2.24, 2.45) is 5.73 Å². The molecule has 3 aromatic rings. The van der Waals surface area contributed by atoms with E-state index >= 15 is 0 Å². The molecular formula is C19H18N6O3S. The van der Waals surface area contributed by atoms with Crippen molar-refractivity contribution in [1.29, 1.82) is 0 Å². The van der Waals surface area contributed by atoms with Gasteiger partial charge in [-0.25, -0.2) is 4.68 Å². The third-order valence-corrected chi connectivity index (χ3v) is 5.75. The number of aliphatic hydroxyl groups is 1. The normalized spacial score (nSPS) is 18.7. The first-order valence-corrected chi connectivity index (χ1v) is 9.63. The van der Waals surface area contributed by atoms with Crippen LogP contribution in [0, 0.1) is 11.8 Å². The van der Waals surface area contributed by atoms with E-state index in [4.69, 9.17) is 5.73 Å². The van der Waals surface area contributed by atoms with Crippen molar-refractivity contribution in [2.75, 3.05) is 26.0 Å². The molecule has 0 bridgehead atoms. The molecule has 0 radical (unpaired) electrons. The summed E-state index contributed by atoms with van der Waals surface area (Å²) in [7, 11) is 3.37. The number of nitrogens with one attached hydrogen (secondary N) is 1. The number of fused-ring (bicyclic) bond motifs is 1. The first kappa shape index (κ1) is 18.9. The van der Waals surface area contributed by atoms with Gasteiger partial charge in [-0.05, 0) is 18.2 Å². The van der Waals surface area contributed by atoms with Gasteiger partial charge in [-0.2, -0.15) is 10.1 Å². The summed E-state index contributed by atoms with van der Waals surface area (Å²) in [6.07, 6.45) is 0.266. The van der Waals surface area contributed by atoms with E-state index in [0.29, 0.717) is 33.3 Å². The van der Waals surface area contributed by atoms with E-state index in [0.717, 1.165) is 0 Å². The molecule has 4 N–H and O–H groups in total. The number of hydrogen-bond donors (Lipinski definition) is 3. The van der Waals surface area contributed by atoms with Crippen LogP contribution >= 0.6 is 11.3 Å². The number of amides is 2. The zero-order valence-electron chi connectivity index (χ0n) is 15.8. The number of aromatic nitrogens is 3. The lowest BCUT2D eigenvalue weighted by molar-refractivity contribution is -0.137. The number of thiazole rings is 1. The van der Waals surface area contributed by atoms with Crippen molar-refractivity contribution in [3.8, 4) is 17.5 Å². The number of nitrogens with zero attached hydrogens (tertiary/aromatic N) is 4. The van der Waals surface area contributed by atoms with Crippen LogP contribution in [0.2, 0.25) is 0 Å². The summed E-state index contributed by atoms with van der Waals surface area (Å²) in [4.78, 5) is 29.8. The van der Waals surface area contributed by atoms with E-state index in [1.165, 1.54) is 20.9 Å². The maximum Gasteiger partial charge on any atom is 0.270 e. The standard InChI is InChI=1S/C19H18N6O3S/c1-21-18-22-16-14(29-18)13(15(20)26)23-25(16)12-5-3-4-11(10-12)6-7-19(28)8-9-24(2)17(19)27/h3-5,10,28H,8-9H2,1-2H3,(H2,20,26)(H,21,22)/t19-/m0/s1. The molecule has 1 fully saturated rings. The minimum absolute atomic E-state index is 0.143. The number of carbonyl (C=O) groups excluding carboxylic acids is 2. The maximum atomic E-state index is 12.1.